The van der Waals surface area contributed by atoms with Crippen molar-refractivity contribution in [3.05, 3.63) is 217 Å². The molecular formula is C57H40N2O. The summed E-state index contributed by atoms with van der Waals surface area (Å²) in [6, 6.07) is 74.9. The third-order valence-electron chi connectivity index (χ3n) is 12.8. The molecule has 9 aromatic carbocycles. The number of rotatable bonds is 6. The maximum atomic E-state index is 6.26. The van der Waals surface area contributed by atoms with Crippen LogP contribution in [0.1, 0.15) is 25.0 Å². The van der Waals surface area contributed by atoms with E-state index in [0.717, 1.165) is 39.0 Å². The highest BCUT2D eigenvalue weighted by Crippen LogP contribution is 2.51. The predicted molar refractivity (Wildman–Crippen MR) is 251 cm³/mol. The average molecular weight is 769 g/mol. The zero-order chi connectivity index (χ0) is 40.0. The van der Waals surface area contributed by atoms with E-state index in [0.29, 0.717) is 0 Å². The van der Waals surface area contributed by atoms with E-state index in [1.807, 2.05) is 12.1 Å². The number of furan rings is 1. The van der Waals surface area contributed by atoms with E-state index < -0.39 is 0 Å². The summed E-state index contributed by atoms with van der Waals surface area (Å²) in [5.74, 6) is 0. The summed E-state index contributed by atoms with van der Waals surface area (Å²) in [7, 11) is 0. The molecule has 3 heteroatoms. The number of anilines is 3. The van der Waals surface area contributed by atoms with Gasteiger partial charge in [-0.05, 0) is 106 Å². The first-order valence-electron chi connectivity index (χ1n) is 20.8. The summed E-state index contributed by atoms with van der Waals surface area (Å²) >= 11 is 0. The van der Waals surface area contributed by atoms with Crippen molar-refractivity contribution in [1.82, 2.24) is 4.57 Å². The predicted octanol–water partition coefficient (Wildman–Crippen LogP) is 15.8. The molecule has 0 saturated carbocycles. The quantitative estimate of drug-likeness (QED) is 0.168. The Morgan fingerprint density at radius 1 is 0.383 bits per heavy atom. The number of hydrogen-bond donors (Lipinski definition) is 0. The molecule has 2 heterocycles. The van der Waals surface area contributed by atoms with Gasteiger partial charge in [-0.3, -0.25) is 0 Å². The van der Waals surface area contributed by atoms with Crippen LogP contribution in [-0.2, 0) is 5.41 Å². The van der Waals surface area contributed by atoms with Crippen LogP contribution in [0.3, 0.4) is 0 Å². The van der Waals surface area contributed by atoms with Gasteiger partial charge in [0.05, 0.1) is 16.7 Å². The molecule has 0 saturated heterocycles. The van der Waals surface area contributed by atoms with E-state index in [9.17, 15) is 0 Å². The number of nitrogens with zero attached hydrogens (tertiary/aromatic N) is 2. The Hall–Kier alpha value is -7.62. The Balaban J connectivity index is 0.930. The molecular weight excluding hydrogens is 729 g/mol. The molecule has 0 bridgehead atoms. The van der Waals surface area contributed by atoms with E-state index in [2.05, 4.69) is 217 Å². The molecule has 0 amide bonds. The van der Waals surface area contributed by atoms with Crippen LogP contribution in [0.15, 0.2) is 211 Å². The number of para-hydroxylation sites is 4. The molecule has 60 heavy (non-hydrogen) atoms. The number of benzene rings is 9. The molecule has 1 aliphatic carbocycles. The molecule has 0 unspecified atom stereocenters. The summed E-state index contributed by atoms with van der Waals surface area (Å²) < 4.78 is 8.67. The fourth-order valence-electron chi connectivity index (χ4n) is 9.87. The van der Waals surface area contributed by atoms with Crippen molar-refractivity contribution in [2.24, 2.45) is 0 Å². The molecule has 2 aromatic heterocycles. The maximum absolute atomic E-state index is 6.26. The topological polar surface area (TPSA) is 21.3 Å². The minimum atomic E-state index is -0.113. The van der Waals surface area contributed by atoms with Crippen LogP contribution < -0.4 is 4.90 Å². The van der Waals surface area contributed by atoms with Crippen molar-refractivity contribution < 1.29 is 4.42 Å². The minimum absolute atomic E-state index is 0.113. The minimum Gasteiger partial charge on any atom is -0.456 e. The van der Waals surface area contributed by atoms with Crippen molar-refractivity contribution >= 4 is 60.8 Å². The van der Waals surface area contributed by atoms with Crippen LogP contribution in [0.25, 0.3) is 82.8 Å². The van der Waals surface area contributed by atoms with E-state index >= 15 is 0 Å². The van der Waals surface area contributed by atoms with Gasteiger partial charge in [0.15, 0.2) is 0 Å². The van der Waals surface area contributed by atoms with Crippen LogP contribution in [0, 0.1) is 0 Å². The van der Waals surface area contributed by atoms with Crippen molar-refractivity contribution in [2.75, 3.05) is 4.90 Å². The normalized spacial score (nSPS) is 13.0. The first kappa shape index (κ1) is 34.4. The molecule has 11 aromatic rings. The van der Waals surface area contributed by atoms with Gasteiger partial charge in [0.2, 0.25) is 0 Å². The highest BCUT2D eigenvalue weighted by molar-refractivity contribution is 6.10. The average Bonchev–Trinajstić information content (AvgIpc) is 3.92. The summed E-state index contributed by atoms with van der Waals surface area (Å²) in [5.41, 5.74) is 18.7. The Labute approximate surface area is 349 Å². The van der Waals surface area contributed by atoms with Crippen molar-refractivity contribution in [3.8, 4) is 39.1 Å². The van der Waals surface area contributed by atoms with E-state index in [1.54, 1.807) is 0 Å². The zero-order valence-corrected chi connectivity index (χ0v) is 33.4. The highest BCUT2D eigenvalue weighted by atomic mass is 16.3. The van der Waals surface area contributed by atoms with Crippen LogP contribution in [0.2, 0.25) is 0 Å². The monoisotopic (exact) mass is 768 g/mol. The Morgan fingerprint density at radius 3 is 1.65 bits per heavy atom. The van der Waals surface area contributed by atoms with Gasteiger partial charge >= 0.3 is 0 Å². The smallest absolute Gasteiger partial charge is 0.135 e. The number of aromatic nitrogens is 1. The fourth-order valence-corrected chi connectivity index (χ4v) is 9.87. The Bertz CT molecular complexity index is 3400. The molecule has 0 spiro atoms. The number of fused-ring (bicyclic) bond motifs is 9. The van der Waals surface area contributed by atoms with Gasteiger partial charge in [0.1, 0.15) is 11.2 Å². The molecule has 0 atom stereocenters. The van der Waals surface area contributed by atoms with Gasteiger partial charge in [-0.25, -0.2) is 0 Å². The van der Waals surface area contributed by atoms with E-state index in [1.165, 1.54) is 72.0 Å². The summed E-state index contributed by atoms with van der Waals surface area (Å²) in [6.07, 6.45) is 0. The van der Waals surface area contributed by atoms with Crippen LogP contribution in [0.5, 0.6) is 0 Å². The second-order valence-electron chi connectivity index (χ2n) is 16.5. The molecule has 3 nitrogen and oxygen atoms in total. The molecule has 0 fully saturated rings. The van der Waals surface area contributed by atoms with Crippen molar-refractivity contribution in [1.29, 1.82) is 0 Å². The van der Waals surface area contributed by atoms with Gasteiger partial charge in [0, 0.05) is 49.6 Å². The molecule has 1 aliphatic rings. The third kappa shape index (κ3) is 5.22. The van der Waals surface area contributed by atoms with Crippen molar-refractivity contribution in [2.45, 2.75) is 19.3 Å². The van der Waals surface area contributed by atoms with Crippen molar-refractivity contribution in [3.63, 3.8) is 0 Å². The molecule has 284 valence electrons. The largest absolute Gasteiger partial charge is 0.456 e. The summed E-state index contributed by atoms with van der Waals surface area (Å²) in [6.45, 7) is 4.69. The van der Waals surface area contributed by atoms with E-state index in [4.69, 9.17) is 4.42 Å². The summed E-state index contributed by atoms with van der Waals surface area (Å²) in [5, 5.41) is 4.76. The molecule has 0 N–H and O–H groups in total. The Morgan fingerprint density at radius 2 is 0.900 bits per heavy atom. The van der Waals surface area contributed by atoms with Gasteiger partial charge in [0.25, 0.3) is 0 Å². The van der Waals surface area contributed by atoms with E-state index in [-0.39, 0.29) is 5.41 Å². The summed E-state index contributed by atoms with van der Waals surface area (Å²) in [4.78, 5) is 2.39. The lowest BCUT2D eigenvalue weighted by molar-refractivity contribution is 0.660. The fraction of sp³-hybridized carbons (Fsp3) is 0.0526. The van der Waals surface area contributed by atoms with Gasteiger partial charge in [-0.15, -0.1) is 0 Å². The molecule has 0 aliphatic heterocycles. The third-order valence-corrected chi connectivity index (χ3v) is 12.8. The van der Waals surface area contributed by atoms with Crippen LogP contribution in [-0.4, -0.2) is 4.57 Å². The second kappa shape index (κ2) is 13.2. The van der Waals surface area contributed by atoms with Gasteiger partial charge in [-0.2, -0.15) is 0 Å². The standard InChI is InChI=1S/C57H40N2O/c1-57(2)50-18-8-3-14-44(50)45-33-31-42(36-51(45)57)58(41-32-34-56-49(35-41)48-17-7-12-22-55(48)60-56)40-29-27-38(28-30-40)37-23-25-39(26-24-37)43-13-4-9-19-52(43)59-53-20-10-5-15-46(53)47-16-6-11-21-54(47)59/h3-36H,1-2H3. The highest BCUT2D eigenvalue weighted by Gasteiger charge is 2.35. The lowest BCUT2D eigenvalue weighted by Crippen LogP contribution is -2.16. The first-order chi connectivity index (χ1) is 29.5. The zero-order valence-electron chi connectivity index (χ0n) is 33.4. The van der Waals surface area contributed by atoms with Gasteiger partial charge in [-0.1, -0.05) is 153 Å². The SMILES string of the molecule is CC1(C)c2ccccc2-c2ccc(N(c3ccc(-c4ccc(-c5ccccc5-n5c6ccccc6c6ccccc65)cc4)cc3)c3ccc4oc5ccccc5c4c3)cc21. The first-order valence-corrected chi connectivity index (χ1v) is 20.8. The molecule has 12 rings (SSSR count). The molecule has 0 radical (unpaired) electrons. The lowest BCUT2D eigenvalue weighted by Gasteiger charge is -2.28. The maximum Gasteiger partial charge on any atom is 0.135 e. The second-order valence-corrected chi connectivity index (χ2v) is 16.5. The van der Waals surface area contributed by atoms with Gasteiger partial charge < -0.3 is 13.9 Å². The van der Waals surface area contributed by atoms with Crippen LogP contribution >= 0.6 is 0 Å². The Kier molecular flexibility index (Phi) is 7.58. The number of hydrogen-bond acceptors (Lipinski definition) is 2. The lowest BCUT2D eigenvalue weighted by atomic mass is 9.82. The van der Waals surface area contributed by atoms with Crippen LogP contribution in [0.4, 0.5) is 17.1 Å².